The predicted octanol–water partition coefficient (Wildman–Crippen LogP) is 4.97. The van der Waals surface area contributed by atoms with Crippen LogP contribution in [0.5, 0.6) is 0 Å². The van der Waals surface area contributed by atoms with E-state index in [0.717, 1.165) is 37.8 Å². The lowest BCUT2D eigenvalue weighted by atomic mass is 9.82. The summed E-state index contributed by atoms with van der Waals surface area (Å²) < 4.78 is 22.9. The monoisotopic (exact) mass is 670 g/mol. The van der Waals surface area contributed by atoms with Gasteiger partial charge in [0.15, 0.2) is 5.60 Å². The predicted molar refractivity (Wildman–Crippen MR) is 178 cm³/mol. The molecule has 3 amide bonds. The first-order valence-electron chi connectivity index (χ1n) is 16.4. The second-order valence-electron chi connectivity index (χ2n) is 13.8. The van der Waals surface area contributed by atoms with Crippen molar-refractivity contribution in [2.24, 2.45) is 11.8 Å². The van der Waals surface area contributed by atoms with Gasteiger partial charge in [-0.3, -0.25) is 14.4 Å². The van der Waals surface area contributed by atoms with Gasteiger partial charge in [-0.15, -0.1) is 0 Å². The number of piperidine rings is 1. The molecular formula is C34H44ClFN4O5Si. The van der Waals surface area contributed by atoms with E-state index in [9.17, 15) is 19.5 Å². The Morgan fingerprint density at radius 1 is 1.17 bits per heavy atom. The maximum atomic E-state index is 16.2. The molecule has 9 nitrogen and oxygen atoms in total. The van der Waals surface area contributed by atoms with E-state index in [0.29, 0.717) is 35.1 Å². The van der Waals surface area contributed by atoms with E-state index in [1.165, 1.54) is 0 Å². The molecular weight excluding hydrogens is 627 g/mol. The van der Waals surface area contributed by atoms with Crippen LogP contribution in [0.25, 0.3) is 0 Å². The number of rotatable bonds is 8. The minimum absolute atomic E-state index is 0.00618. The van der Waals surface area contributed by atoms with E-state index in [1.807, 2.05) is 31.2 Å². The average Bonchev–Trinajstić information content (AvgIpc) is 3.69. The molecule has 0 saturated carbocycles. The van der Waals surface area contributed by atoms with Crippen molar-refractivity contribution in [3.63, 3.8) is 0 Å². The smallest absolute Gasteiger partial charge is 0.264 e. The first kappa shape index (κ1) is 33.1. The molecule has 6 atom stereocenters. The Balaban J connectivity index is 1.26. The van der Waals surface area contributed by atoms with Gasteiger partial charge in [-0.2, -0.15) is 0 Å². The molecule has 2 aromatic rings. The zero-order chi connectivity index (χ0) is 32.8. The Labute approximate surface area is 276 Å². The van der Waals surface area contributed by atoms with E-state index < -0.39 is 31.6 Å². The van der Waals surface area contributed by atoms with Gasteiger partial charge < -0.3 is 34.4 Å². The van der Waals surface area contributed by atoms with Gasteiger partial charge in [0.2, 0.25) is 20.2 Å². The summed E-state index contributed by atoms with van der Waals surface area (Å²) >= 11 is 6.49. The molecule has 3 fully saturated rings. The minimum atomic E-state index is -3.46. The molecule has 1 unspecified atom stereocenters. The van der Waals surface area contributed by atoms with Crippen LogP contribution in [0, 0.1) is 11.8 Å². The Morgan fingerprint density at radius 2 is 1.93 bits per heavy atom. The van der Waals surface area contributed by atoms with Crippen LogP contribution in [0.4, 0.5) is 15.5 Å². The zero-order valence-electron chi connectivity index (χ0n) is 26.7. The fourth-order valence-corrected chi connectivity index (χ4v) is 10.9. The number of amides is 3. The molecule has 6 rings (SSSR count). The minimum Gasteiger partial charge on any atom is -0.394 e. The number of carbonyl (C=O) groups is 3. The number of benzene rings is 2. The molecule has 3 saturated heterocycles. The van der Waals surface area contributed by atoms with Crippen LogP contribution in [-0.4, -0.2) is 74.5 Å². The summed E-state index contributed by atoms with van der Waals surface area (Å²) in [6, 6.07) is 12.5. The Hall–Kier alpha value is -2.83. The van der Waals surface area contributed by atoms with Gasteiger partial charge in [0.05, 0.1) is 43.3 Å². The van der Waals surface area contributed by atoms with Crippen LogP contribution in [0.2, 0.25) is 23.7 Å². The highest BCUT2D eigenvalue weighted by Gasteiger charge is 2.67. The second kappa shape index (κ2) is 13.0. The van der Waals surface area contributed by atoms with Crippen LogP contribution in [-0.2, 0) is 31.3 Å². The molecule has 4 heterocycles. The van der Waals surface area contributed by atoms with Crippen molar-refractivity contribution in [2.45, 2.75) is 82.0 Å². The molecule has 248 valence electrons. The van der Waals surface area contributed by atoms with Gasteiger partial charge >= 0.3 is 0 Å². The van der Waals surface area contributed by atoms with Gasteiger partial charge in [0.25, 0.3) is 5.91 Å². The Kier molecular flexibility index (Phi) is 9.34. The lowest BCUT2D eigenvalue weighted by Crippen LogP contribution is -2.45. The van der Waals surface area contributed by atoms with Crippen molar-refractivity contribution >= 4 is 49.1 Å². The number of aliphatic hydroxyl groups is 1. The van der Waals surface area contributed by atoms with Gasteiger partial charge in [-0.1, -0.05) is 30.7 Å². The van der Waals surface area contributed by atoms with Crippen LogP contribution in [0.3, 0.4) is 0 Å². The molecule has 4 aliphatic rings. The van der Waals surface area contributed by atoms with Crippen LogP contribution in [0.15, 0.2) is 42.5 Å². The summed E-state index contributed by atoms with van der Waals surface area (Å²) in [7, 11) is -3.46. The maximum Gasteiger partial charge on any atom is 0.264 e. The summed E-state index contributed by atoms with van der Waals surface area (Å²) in [4.78, 5) is 44.2. The number of ether oxygens (including phenoxy) is 1. The summed E-state index contributed by atoms with van der Waals surface area (Å²) in [5, 5.41) is 16.5. The number of nitrogens with one attached hydrogen (secondary N) is 2. The summed E-state index contributed by atoms with van der Waals surface area (Å²) in [5.41, 5.74) is 0.666. The van der Waals surface area contributed by atoms with Crippen LogP contribution < -0.4 is 15.5 Å². The molecule has 0 bridgehead atoms. The van der Waals surface area contributed by atoms with E-state index in [4.69, 9.17) is 16.3 Å². The number of likely N-dealkylation sites (tertiary alicyclic amines) is 1. The number of carbonyl (C=O) groups excluding carboxylic acids is 3. The highest BCUT2D eigenvalue weighted by molar-refractivity contribution is 6.72. The summed E-state index contributed by atoms with van der Waals surface area (Å²) in [5.74, 6) is -1.10. The van der Waals surface area contributed by atoms with Gasteiger partial charge in [0.1, 0.15) is 0 Å². The highest BCUT2D eigenvalue weighted by Crippen LogP contribution is 2.60. The number of fused-ring (bicyclic) bond motifs is 2. The van der Waals surface area contributed by atoms with Gasteiger partial charge in [0, 0.05) is 40.8 Å². The number of hydrogen-bond donors (Lipinski definition) is 3. The summed E-state index contributed by atoms with van der Waals surface area (Å²) in [6.45, 7) is 7.36. The van der Waals surface area contributed by atoms with Crippen molar-refractivity contribution in [1.29, 1.82) is 0 Å². The number of aliphatic hydroxyl groups excluding tert-OH is 1. The van der Waals surface area contributed by atoms with Crippen molar-refractivity contribution < 1.29 is 28.3 Å². The maximum absolute atomic E-state index is 16.2. The normalized spacial score (nSPS) is 29.4. The molecule has 12 heteroatoms. The van der Waals surface area contributed by atoms with Crippen molar-refractivity contribution in [3.05, 3.63) is 58.6 Å². The third kappa shape index (κ3) is 6.01. The SMILES string of the molecule is C[C@H]1[C@H]([Si](C)(C)F)[C@@H](CC(=O)N2CCC[C@H]2CO)O[C@]12C(=O)N(Cc1ccc(NC(=O)C3CCCNC3)cc1)c1ccc(Cl)cc12. The number of nitrogens with zero attached hydrogens (tertiary/aromatic N) is 2. The molecule has 0 aliphatic carbocycles. The first-order chi connectivity index (χ1) is 21.9. The van der Waals surface area contributed by atoms with Gasteiger partial charge in [-0.25, -0.2) is 0 Å². The molecule has 4 aliphatic heterocycles. The standard InChI is InChI=1S/C34H44ClFN4O5Si/c1-21-31(46(2,3)36)29(17-30(42)39-15-5-7-26(39)20-41)45-34(21)27-16-24(35)10-13-28(27)40(33(34)44)19-22-8-11-25(12-9-22)38-32(43)23-6-4-14-37-18-23/h8-13,16,21,23,26,29,31,37,41H,4-7,14-15,17-20H2,1-3H3,(H,38,43)/t21-,23?,26-,29+,31-,34+/m0/s1. The van der Waals surface area contributed by atoms with Crippen LogP contribution >= 0.6 is 11.6 Å². The molecule has 2 aromatic carbocycles. The van der Waals surface area contributed by atoms with Crippen LogP contribution in [0.1, 0.15) is 50.2 Å². The highest BCUT2D eigenvalue weighted by atomic mass is 35.5. The number of anilines is 2. The van der Waals surface area contributed by atoms with E-state index in [2.05, 4.69) is 10.6 Å². The third-order valence-electron chi connectivity index (χ3n) is 10.4. The molecule has 46 heavy (non-hydrogen) atoms. The lowest BCUT2D eigenvalue weighted by molar-refractivity contribution is -0.150. The molecule has 0 aromatic heterocycles. The number of hydrogen-bond acceptors (Lipinski definition) is 6. The van der Waals surface area contributed by atoms with Gasteiger partial charge in [-0.05, 0) is 81.2 Å². The summed E-state index contributed by atoms with van der Waals surface area (Å²) in [6.07, 6.45) is 2.52. The topological polar surface area (TPSA) is 111 Å². The fourth-order valence-electron chi connectivity index (χ4n) is 8.22. The average molecular weight is 671 g/mol. The second-order valence-corrected chi connectivity index (χ2v) is 18.1. The molecule has 3 N–H and O–H groups in total. The van der Waals surface area contributed by atoms with E-state index in [-0.39, 0.29) is 49.3 Å². The number of halogens is 2. The van der Waals surface area contributed by atoms with Crippen molar-refractivity contribution in [2.75, 3.05) is 36.5 Å². The Bertz CT molecular complexity index is 1480. The first-order valence-corrected chi connectivity index (χ1v) is 19.8. The van der Waals surface area contributed by atoms with E-state index in [1.54, 1.807) is 41.1 Å². The molecule has 1 spiro atoms. The zero-order valence-corrected chi connectivity index (χ0v) is 28.5. The third-order valence-corrected chi connectivity index (χ3v) is 13.1. The van der Waals surface area contributed by atoms with Crippen molar-refractivity contribution in [1.82, 2.24) is 10.2 Å². The Morgan fingerprint density at radius 3 is 2.61 bits per heavy atom. The largest absolute Gasteiger partial charge is 0.394 e. The molecule has 0 radical (unpaired) electrons. The lowest BCUT2D eigenvalue weighted by Gasteiger charge is -2.31. The quantitative estimate of drug-likeness (QED) is 0.270. The van der Waals surface area contributed by atoms with Crippen molar-refractivity contribution in [3.8, 4) is 0 Å². The van der Waals surface area contributed by atoms with E-state index >= 15 is 4.11 Å². The fraction of sp³-hybridized carbons (Fsp3) is 0.559.